The van der Waals surface area contributed by atoms with Gasteiger partial charge in [-0.25, -0.2) is 0 Å². The van der Waals surface area contributed by atoms with Crippen LogP contribution in [0.3, 0.4) is 0 Å². The van der Waals surface area contributed by atoms with Crippen LogP contribution in [-0.4, -0.2) is 17.4 Å². The van der Waals surface area contributed by atoms with Crippen molar-refractivity contribution in [2.75, 3.05) is 6.54 Å². The van der Waals surface area contributed by atoms with Crippen LogP contribution in [0.15, 0.2) is 17.8 Å². The minimum atomic E-state index is -0.275. The van der Waals surface area contributed by atoms with E-state index < -0.39 is 0 Å². The number of nitriles is 2. The topological polar surface area (TPSA) is 84.0 Å². The summed E-state index contributed by atoms with van der Waals surface area (Å²) in [7, 11) is 0. The fourth-order valence-electron chi connectivity index (χ4n) is 0.386. The van der Waals surface area contributed by atoms with Crippen molar-refractivity contribution in [3.63, 3.8) is 0 Å². The van der Waals surface area contributed by atoms with Crippen LogP contribution < -0.4 is 10.7 Å². The summed E-state index contributed by atoms with van der Waals surface area (Å²) >= 11 is 4.74. The van der Waals surface area contributed by atoms with Gasteiger partial charge in [0.15, 0.2) is 5.11 Å². The molecular weight excluding hydrogens is 186 g/mol. The molecule has 66 valence electrons. The van der Waals surface area contributed by atoms with E-state index in [1.54, 1.807) is 18.2 Å². The Balaban J connectivity index is 3.96. The van der Waals surface area contributed by atoms with Crippen molar-refractivity contribution in [2.24, 2.45) is 5.10 Å². The van der Waals surface area contributed by atoms with Gasteiger partial charge in [0.2, 0.25) is 5.71 Å². The molecule has 0 aliphatic carbocycles. The first kappa shape index (κ1) is 11.1. The zero-order valence-corrected chi connectivity index (χ0v) is 7.56. The molecule has 0 saturated carbocycles. The lowest BCUT2D eigenvalue weighted by molar-refractivity contribution is 0.940. The van der Waals surface area contributed by atoms with Gasteiger partial charge in [0.25, 0.3) is 0 Å². The van der Waals surface area contributed by atoms with Gasteiger partial charge >= 0.3 is 0 Å². The highest BCUT2D eigenvalue weighted by Gasteiger charge is 1.94. The quantitative estimate of drug-likeness (QED) is 0.286. The molecule has 0 radical (unpaired) electrons. The van der Waals surface area contributed by atoms with E-state index in [4.69, 9.17) is 22.7 Å². The van der Waals surface area contributed by atoms with Gasteiger partial charge in [0.1, 0.15) is 12.1 Å². The zero-order valence-electron chi connectivity index (χ0n) is 6.74. The Morgan fingerprint density at radius 1 is 1.54 bits per heavy atom. The second-order valence-electron chi connectivity index (χ2n) is 1.79. The van der Waals surface area contributed by atoms with Crippen LogP contribution in [-0.2, 0) is 0 Å². The standard InChI is InChI=1S/C7H7N5S/c1-2-3-10-7(13)12-11-6(4-8)5-9/h2H,1,3H2,(H2,10,12,13). The van der Waals surface area contributed by atoms with Crippen LogP contribution in [0, 0.1) is 22.7 Å². The molecule has 0 spiro atoms. The Morgan fingerprint density at radius 2 is 2.15 bits per heavy atom. The molecule has 0 unspecified atom stereocenters. The molecule has 13 heavy (non-hydrogen) atoms. The number of hydrogen-bond donors (Lipinski definition) is 2. The number of thiocarbonyl (C=S) groups is 1. The molecule has 0 aromatic heterocycles. The van der Waals surface area contributed by atoms with Crippen molar-refractivity contribution in [3.8, 4) is 12.1 Å². The molecule has 0 aromatic rings. The predicted octanol–water partition coefficient (Wildman–Crippen LogP) is 0.0397. The average molecular weight is 193 g/mol. The molecule has 6 heteroatoms. The summed E-state index contributed by atoms with van der Waals surface area (Å²) in [5.74, 6) is 0. The predicted molar refractivity (Wildman–Crippen MR) is 52.6 cm³/mol. The molecule has 0 fully saturated rings. The highest BCUT2D eigenvalue weighted by atomic mass is 32.1. The smallest absolute Gasteiger partial charge is 0.237 e. The largest absolute Gasteiger partial charge is 0.358 e. The molecular formula is C7H7N5S. The highest BCUT2D eigenvalue weighted by Crippen LogP contribution is 1.72. The van der Waals surface area contributed by atoms with E-state index in [-0.39, 0.29) is 10.8 Å². The summed E-state index contributed by atoms with van der Waals surface area (Å²) in [5, 5.41) is 23.0. The third-order valence-electron chi connectivity index (χ3n) is 0.888. The van der Waals surface area contributed by atoms with Crippen LogP contribution in [0.2, 0.25) is 0 Å². The van der Waals surface area contributed by atoms with Gasteiger partial charge in [-0.05, 0) is 12.2 Å². The molecule has 0 saturated heterocycles. The van der Waals surface area contributed by atoms with E-state index >= 15 is 0 Å². The van der Waals surface area contributed by atoms with Gasteiger partial charge < -0.3 is 5.32 Å². The zero-order chi connectivity index (χ0) is 10.1. The van der Waals surface area contributed by atoms with Gasteiger partial charge in [0.05, 0.1) is 0 Å². The number of rotatable bonds is 3. The average Bonchev–Trinajstić information content (AvgIpc) is 2.16. The van der Waals surface area contributed by atoms with E-state index in [1.165, 1.54) is 0 Å². The molecule has 2 N–H and O–H groups in total. The molecule has 0 amide bonds. The van der Waals surface area contributed by atoms with Gasteiger partial charge in [-0.2, -0.15) is 15.6 Å². The van der Waals surface area contributed by atoms with Crippen LogP contribution >= 0.6 is 12.2 Å². The van der Waals surface area contributed by atoms with Gasteiger partial charge in [0, 0.05) is 6.54 Å². The van der Waals surface area contributed by atoms with Crippen molar-refractivity contribution < 1.29 is 0 Å². The first-order valence-corrected chi connectivity index (χ1v) is 3.68. The number of hydrazone groups is 1. The number of nitrogens with one attached hydrogen (secondary N) is 2. The number of nitrogens with zero attached hydrogens (tertiary/aromatic N) is 3. The van der Waals surface area contributed by atoms with E-state index in [1.807, 2.05) is 0 Å². The van der Waals surface area contributed by atoms with Crippen molar-refractivity contribution in [3.05, 3.63) is 12.7 Å². The second kappa shape index (κ2) is 6.77. The monoisotopic (exact) mass is 193 g/mol. The Hall–Kier alpha value is -1.92. The Morgan fingerprint density at radius 3 is 2.62 bits per heavy atom. The third-order valence-corrected chi connectivity index (χ3v) is 1.12. The molecule has 0 aromatic carbocycles. The van der Waals surface area contributed by atoms with Crippen LogP contribution in [0.25, 0.3) is 0 Å². The molecule has 5 nitrogen and oxygen atoms in total. The first-order chi connectivity index (χ1) is 6.24. The first-order valence-electron chi connectivity index (χ1n) is 3.27. The van der Waals surface area contributed by atoms with Gasteiger partial charge in [-0.15, -0.1) is 6.58 Å². The summed E-state index contributed by atoms with van der Waals surface area (Å²) in [6, 6.07) is 3.16. The summed E-state index contributed by atoms with van der Waals surface area (Å²) in [6.45, 7) is 3.97. The van der Waals surface area contributed by atoms with Crippen LogP contribution in [0.4, 0.5) is 0 Å². The summed E-state index contributed by atoms with van der Waals surface area (Å²) in [6.07, 6.45) is 1.62. The summed E-state index contributed by atoms with van der Waals surface area (Å²) in [4.78, 5) is 0. The van der Waals surface area contributed by atoms with E-state index in [9.17, 15) is 0 Å². The lowest BCUT2D eigenvalue weighted by Crippen LogP contribution is -2.32. The van der Waals surface area contributed by atoms with Crippen molar-refractivity contribution in [1.82, 2.24) is 10.7 Å². The minimum absolute atomic E-state index is 0.239. The Bertz CT molecular complexity index is 290. The summed E-state index contributed by atoms with van der Waals surface area (Å²) in [5.41, 5.74) is 2.06. The maximum atomic E-state index is 8.29. The van der Waals surface area contributed by atoms with Gasteiger partial charge in [-0.1, -0.05) is 6.08 Å². The van der Waals surface area contributed by atoms with Crippen molar-refractivity contribution >= 4 is 23.0 Å². The third kappa shape index (κ3) is 5.36. The molecule has 0 aliphatic rings. The fourth-order valence-corrected chi connectivity index (χ4v) is 0.515. The summed E-state index contributed by atoms with van der Waals surface area (Å²) < 4.78 is 0. The van der Waals surface area contributed by atoms with Gasteiger partial charge in [-0.3, -0.25) is 5.43 Å². The molecule has 0 aliphatic heterocycles. The van der Waals surface area contributed by atoms with Crippen molar-refractivity contribution in [1.29, 1.82) is 10.5 Å². The van der Waals surface area contributed by atoms with E-state index in [2.05, 4.69) is 22.4 Å². The molecule has 0 atom stereocenters. The Labute approximate surface area is 81.3 Å². The lowest BCUT2D eigenvalue weighted by Gasteiger charge is -2.02. The molecule has 0 bridgehead atoms. The second-order valence-corrected chi connectivity index (χ2v) is 2.20. The normalized spacial score (nSPS) is 7.23. The SMILES string of the molecule is C=CCNC(=S)NN=C(C#N)C#N. The Kier molecular flexibility index (Phi) is 5.77. The number of hydrogen-bond acceptors (Lipinski definition) is 4. The van der Waals surface area contributed by atoms with E-state index in [0.29, 0.717) is 6.54 Å². The fraction of sp³-hybridized carbons (Fsp3) is 0.143. The maximum absolute atomic E-state index is 8.29. The van der Waals surface area contributed by atoms with E-state index in [0.717, 1.165) is 0 Å². The van der Waals surface area contributed by atoms with Crippen LogP contribution in [0.1, 0.15) is 0 Å². The maximum Gasteiger partial charge on any atom is 0.237 e. The van der Waals surface area contributed by atoms with Crippen LogP contribution in [0.5, 0.6) is 0 Å². The molecule has 0 heterocycles. The lowest BCUT2D eigenvalue weighted by atomic mass is 10.5. The van der Waals surface area contributed by atoms with Crippen molar-refractivity contribution in [2.45, 2.75) is 0 Å². The highest BCUT2D eigenvalue weighted by molar-refractivity contribution is 7.80. The minimum Gasteiger partial charge on any atom is -0.358 e. The molecule has 0 rings (SSSR count).